The fourth-order valence-electron chi connectivity index (χ4n) is 7.65. The quantitative estimate of drug-likeness (QED) is 0.0504. The Hall–Kier alpha value is -1.18. The van der Waals surface area contributed by atoms with E-state index in [-0.39, 0.29) is 22.3 Å². The van der Waals surface area contributed by atoms with Crippen molar-refractivity contribution in [2.24, 2.45) is 10.8 Å². The van der Waals surface area contributed by atoms with Gasteiger partial charge in [-0.2, -0.15) is 0 Å². The highest BCUT2D eigenvalue weighted by Crippen LogP contribution is 2.43. The Kier molecular flexibility index (Phi) is 33.9. The summed E-state index contributed by atoms with van der Waals surface area (Å²) >= 11 is 18.7. The molecule has 2 aromatic rings. The van der Waals surface area contributed by atoms with Gasteiger partial charge in [0.15, 0.2) is 0 Å². The number of nitrogens with zero attached hydrogens (tertiary/aromatic N) is 2. The molecule has 2 aromatic heterocycles. The molecule has 0 spiro atoms. The van der Waals surface area contributed by atoms with Gasteiger partial charge in [0.2, 0.25) is 11.8 Å². The number of carbonyl (C=O) groups excluding carboxylic acids is 2. The van der Waals surface area contributed by atoms with Crippen molar-refractivity contribution in [1.82, 2.24) is 20.6 Å². The summed E-state index contributed by atoms with van der Waals surface area (Å²) in [6.45, 7) is 13.8. The van der Waals surface area contributed by atoms with Gasteiger partial charge < -0.3 is 10.6 Å². The van der Waals surface area contributed by atoms with Gasteiger partial charge in [0.1, 0.15) is 7.06 Å². The largest absolute Gasteiger partial charge is 0.356 e. The van der Waals surface area contributed by atoms with E-state index >= 15 is 0 Å². The fourth-order valence-corrected chi connectivity index (χ4v) is 13.7. The van der Waals surface area contributed by atoms with Crippen LogP contribution in [-0.4, -0.2) is 53.4 Å². The Morgan fingerprint density at radius 3 is 1.11 bits per heavy atom. The highest BCUT2D eigenvalue weighted by molar-refractivity contribution is 8.47. The number of nitrogens with one attached hydrogen (secondary N) is 2. The van der Waals surface area contributed by atoms with Crippen molar-refractivity contribution in [2.45, 2.75) is 206 Å². The van der Waals surface area contributed by atoms with Crippen molar-refractivity contribution in [3.63, 3.8) is 0 Å². The van der Waals surface area contributed by atoms with Crippen LogP contribution < -0.4 is 10.6 Å². The molecule has 2 rings (SSSR count). The van der Waals surface area contributed by atoms with Crippen molar-refractivity contribution < 1.29 is 9.59 Å². The summed E-state index contributed by atoms with van der Waals surface area (Å²) < 4.78 is 1.89. The van der Waals surface area contributed by atoms with Crippen LogP contribution >= 0.6 is 71.5 Å². The van der Waals surface area contributed by atoms with E-state index in [0.717, 1.165) is 42.5 Å². The van der Waals surface area contributed by atoms with E-state index in [0.29, 0.717) is 25.9 Å². The summed E-state index contributed by atoms with van der Waals surface area (Å²) in [6.07, 6.45) is 36.8. The predicted octanol–water partition coefficient (Wildman–Crippen LogP) is 16.4. The Bertz CT molecular complexity index is 1420. The fraction of sp³-hybridized carbons (Fsp3) is 0.731. The van der Waals surface area contributed by atoms with E-state index in [1.165, 1.54) is 128 Å². The molecule has 2 atom stereocenters. The molecule has 0 aliphatic heterocycles. The molecule has 64 heavy (non-hydrogen) atoms. The Balaban J connectivity index is 1.74. The summed E-state index contributed by atoms with van der Waals surface area (Å²) in [4.78, 5) is 35.6. The van der Waals surface area contributed by atoms with Crippen LogP contribution in [-0.2, 0) is 9.59 Å². The second-order valence-electron chi connectivity index (χ2n) is 18.7. The molecule has 0 radical (unpaired) electrons. The van der Waals surface area contributed by atoms with Crippen LogP contribution in [0.1, 0.15) is 217 Å². The van der Waals surface area contributed by atoms with Crippen LogP contribution in [0.2, 0.25) is 0 Å². The zero-order valence-electron chi connectivity index (χ0n) is 40.7. The summed E-state index contributed by atoms with van der Waals surface area (Å²) in [5, 5.41) is 6.52. The van der Waals surface area contributed by atoms with Crippen LogP contribution in [0.5, 0.6) is 0 Å². The number of thiocarbonyl (C=S) groups is 2. The number of thioether (sulfide) groups is 4. The minimum atomic E-state index is -0.590. The van der Waals surface area contributed by atoms with Gasteiger partial charge in [0.25, 0.3) is 0 Å². The van der Waals surface area contributed by atoms with E-state index in [1.54, 1.807) is 47.0 Å². The number of aromatic nitrogens is 2. The van der Waals surface area contributed by atoms with Crippen LogP contribution in [0.3, 0.4) is 0 Å². The van der Waals surface area contributed by atoms with Gasteiger partial charge in [-0.1, -0.05) is 205 Å². The van der Waals surface area contributed by atoms with E-state index in [1.807, 2.05) is 76.7 Å². The van der Waals surface area contributed by atoms with E-state index < -0.39 is 10.8 Å². The number of pyridine rings is 2. The molecule has 0 fully saturated rings. The van der Waals surface area contributed by atoms with Gasteiger partial charge in [0, 0.05) is 59.2 Å². The zero-order valence-corrected chi connectivity index (χ0v) is 45.6. The second kappa shape index (κ2) is 36.8. The van der Waals surface area contributed by atoms with Crippen LogP contribution in [0.25, 0.3) is 0 Å². The average molecular weight is 992 g/mol. The normalized spacial score (nSPS) is 12.8. The summed E-state index contributed by atoms with van der Waals surface area (Å²) in [5.74, 6) is 2.18. The first-order valence-electron chi connectivity index (χ1n) is 24.9. The van der Waals surface area contributed by atoms with Gasteiger partial charge in [-0.15, -0.1) is 23.5 Å². The molecule has 6 nitrogen and oxygen atoms in total. The molecule has 0 aliphatic rings. The third-order valence-electron chi connectivity index (χ3n) is 11.9. The smallest absolute Gasteiger partial charge is 0.225 e. The lowest BCUT2D eigenvalue weighted by molar-refractivity contribution is -0.130. The minimum Gasteiger partial charge on any atom is -0.356 e. The van der Waals surface area contributed by atoms with Crippen molar-refractivity contribution in [3.05, 3.63) is 60.2 Å². The number of hydrogen-bond donors (Lipinski definition) is 2. The second-order valence-corrected chi connectivity index (χ2v) is 25.7. The SMILES string of the molecule is CCCCCCCCCCCCSC(=S)SC(CC(C)(C)C(=O)NCCCCNC(=O)C(C)(C)CC(SC(=S)SCCCCCCCCCCCC)c1ccncc1)c1ccncc1. The number of amides is 2. The van der Waals surface area contributed by atoms with Crippen molar-refractivity contribution >= 4 is 90.4 Å². The molecule has 0 aliphatic carbocycles. The Morgan fingerprint density at radius 2 is 0.797 bits per heavy atom. The standard InChI is InChI=1S/C52H86N4O2S6/c1-7-9-11-13-15-17-19-21-23-27-39-61-49(59)63-45(43-29-35-53-36-30-43)41-51(3,4)47(57)55-33-25-26-34-56-48(58)52(5,6)42-46(44-31-37-54-38-32-44)64-50(60)62-40-28-24-22-20-18-16-14-12-10-8-2/h29-32,35-38,45-46H,7-28,33-34,39-42H2,1-6H3,(H,55,57)(H,56,58). The maximum atomic E-state index is 13.6. The number of unbranched alkanes of at least 4 members (excludes halogenated alkanes) is 19. The van der Waals surface area contributed by atoms with E-state index in [9.17, 15) is 9.59 Å². The van der Waals surface area contributed by atoms with Gasteiger partial charge in [-0.3, -0.25) is 19.6 Å². The molecule has 0 saturated heterocycles. The summed E-state index contributed by atoms with van der Waals surface area (Å²) in [5.41, 5.74) is 1.11. The molecule has 362 valence electrons. The number of hydrogen-bond acceptors (Lipinski definition) is 10. The molecule has 12 heteroatoms. The number of rotatable bonds is 37. The lowest BCUT2D eigenvalue weighted by Crippen LogP contribution is -2.39. The Labute approximate surface area is 419 Å². The highest BCUT2D eigenvalue weighted by atomic mass is 32.2. The monoisotopic (exact) mass is 991 g/mol. The first kappa shape index (κ1) is 58.9. The summed E-state index contributed by atoms with van der Waals surface area (Å²) in [7, 11) is 0. The lowest BCUT2D eigenvalue weighted by atomic mass is 9.85. The maximum Gasteiger partial charge on any atom is 0.225 e. The van der Waals surface area contributed by atoms with Gasteiger partial charge in [-0.05, 0) is 85.4 Å². The maximum absolute atomic E-state index is 13.6. The van der Waals surface area contributed by atoms with E-state index in [4.69, 9.17) is 24.4 Å². The van der Waals surface area contributed by atoms with Crippen molar-refractivity contribution in [1.29, 1.82) is 0 Å². The highest BCUT2D eigenvalue weighted by Gasteiger charge is 2.34. The predicted molar refractivity (Wildman–Crippen MR) is 295 cm³/mol. The van der Waals surface area contributed by atoms with Gasteiger partial charge >= 0.3 is 0 Å². The van der Waals surface area contributed by atoms with Crippen molar-refractivity contribution in [3.8, 4) is 0 Å². The van der Waals surface area contributed by atoms with Crippen LogP contribution in [0.4, 0.5) is 0 Å². The van der Waals surface area contributed by atoms with Gasteiger partial charge in [0.05, 0.1) is 0 Å². The average Bonchev–Trinajstić information content (AvgIpc) is 3.28. The molecular formula is C52H86N4O2S6. The molecule has 2 N–H and O–H groups in total. The number of carbonyl (C=O) groups is 2. The van der Waals surface area contributed by atoms with Crippen LogP contribution in [0.15, 0.2) is 49.1 Å². The molecule has 2 heterocycles. The van der Waals surface area contributed by atoms with Crippen molar-refractivity contribution in [2.75, 3.05) is 24.6 Å². The van der Waals surface area contributed by atoms with Gasteiger partial charge in [-0.25, -0.2) is 0 Å². The van der Waals surface area contributed by atoms with E-state index in [2.05, 4.69) is 34.4 Å². The first-order valence-corrected chi connectivity index (χ1v) is 29.5. The molecule has 2 amide bonds. The molecule has 2 unspecified atom stereocenters. The topological polar surface area (TPSA) is 84.0 Å². The third kappa shape index (κ3) is 28.2. The zero-order chi connectivity index (χ0) is 46.7. The molecule has 0 aromatic carbocycles. The third-order valence-corrected chi connectivity index (χ3v) is 17.7. The molecular weight excluding hydrogens is 905 g/mol. The lowest BCUT2D eigenvalue weighted by Gasteiger charge is -2.29. The molecule has 0 saturated carbocycles. The Morgan fingerprint density at radius 1 is 0.500 bits per heavy atom. The van der Waals surface area contributed by atoms with Crippen LogP contribution in [0, 0.1) is 10.8 Å². The summed E-state index contributed by atoms with van der Waals surface area (Å²) in [6, 6.07) is 8.18. The minimum absolute atomic E-state index is 0.0421. The first-order chi connectivity index (χ1) is 30.9. The molecule has 0 bridgehead atoms.